The zero-order chi connectivity index (χ0) is 14.3. The molecule has 0 aromatic carbocycles. The number of nitrogens with one attached hydrogen (secondary N) is 2. The zero-order valence-corrected chi connectivity index (χ0v) is 12.0. The molecule has 0 aromatic rings. The van der Waals surface area contributed by atoms with Gasteiger partial charge in [0.05, 0.1) is 0 Å². The summed E-state index contributed by atoms with van der Waals surface area (Å²) in [5, 5.41) is 15.2. The molecule has 1 rings (SSSR count). The van der Waals surface area contributed by atoms with Crippen LogP contribution in [0.25, 0.3) is 0 Å². The van der Waals surface area contributed by atoms with E-state index in [9.17, 15) is 14.7 Å². The maximum atomic E-state index is 11.9. The number of hydrogen-bond acceptors (Lipinski definition) is 3. The number of amides is 1. The lowest BCUT2D eigenvalue weighted by Crippen LogP contribution is -2.52. The second kappa shape index (κ2) is 7.48. The van der Waals surface area contributed by atoms with Crippen molar-refractivity contribution >= 4 is 11.9 Å². The van der Waals surface area contributed by atoms with Gasteiger partial charge in [-0.05, 0) is 51.6 Å². The van der Waals surface area contributed by atoms with E-state index in [1.807, 2.05) is 6.92 Å². The first-order valence-electron chi connectivity index (χ1n) is 7.23. The summed E-state index contributed by atoms with van der Waals surface area (Å²) < 4.78 is 0. The largest absolute Gasteiger partial charge is 0.480 e. The van der Waals surface area contributed by atoms with E-state index in [4.69, 9.17) is 0 Å². The molecule has 0 aliphatic carbocycles. The van der Waals surface area contributed by atoms with E-state index in [1.165, 1.54) is 0 Å². The van der Waals surface area contributed by atoms with E-state index < -0.39 is 11.5 Å². The van der Waals surface area contributed by atoms with Gasteiger partial charge in [-0.1, -0.05) is 13.3 Å². The van der Waals surface area contributed by atoms with Crippen molar-refractivity contribution in [3.05, 3.63) is 0 Å². The van der Waals surface area contributed by atoms with E-state index in [0.29, 0.717) is 18.8 Å². The lowest BCUT2D eigenvalue weighted by molar-refractivity contribution is -0.147. The molecule has 0 aromatic heterocycles. The lowest BCUT2D eigenvalue weighted by Gasteiger charge is -2.27. The molecule has 1 amide bonds. The van der Waals surface area contributed by atoms with Gasteiger partial charge in [-0.25, -0.2) is 4.79 Å². The second-order valence-corrected chi connectivity index (χ2v) is 5.67. The predicted octanol–water partition coefficient (Wildman–Crippen LogP) is 1.53. The summed E-state index contributed by atoms with van der Waals surface area (Å²) in [6.07, 6.45) is 4.70. The van der Waals surface area contributed by atoms with Crippen LogP contribution in [0.2, 0.25) is 0 Å². The van der Waals surface area contributed by atoms with Gasteiger partial charge in [-0.15, -0.1) is 0 Å². The summed E-state index contributed by atoms with van der Waals surface area (Å²) in [6.45, 7) is 5.55. The highest BCUT2D eigenvalue weighted by Gasteiger charge is 2.33. The third-order valence-electron chi connectivity index (χ3n) is 3.88. The fourth-order valence-electron chi connectivity index (χ4n) is 2.60. The molecule has 1 atom stereocenters. The van der Waals surface area contributed by atoms with Gasteiger partial charge in [0.15, 0.2) is 0 Å². The smallest absolute Gasteiger partial charge is 0.329 e. The molecular formula is C14H26N2O3. The number of carbonyl (C=O) groups excluding carboxylic acids is 1. The summed E-state index contributed by atoms with van der Waals surface area (Å²) in [4.78, 5) is 23.1. The molecule has 1 fully saturated rings. The van der Waals surface area contributed by atoms with Crippen LogP contribution in [0.15, 0.2) is 0 Å². The molecule has 110 valence electrons. The molecule has 19 heavy (non-hydrogen) atoms. The van der Waals surface area contributed by atoms with Crippen molar-refractivity contribution in [1.82, 2.24) is 10.6 Å². The molecular weight excluding hydrogens is 244 g/mol. The number of piperidine rings is 1. The molecule has 0 spiro atoms. The number of aliphatic carboxylic acids is 1. The molecule has 1 aliphatic rings. The molecule has 5 nitrogen and oxygen atoms in total. The standard InChI is InChI=1S/C14H26N2O3/c1-3-8-14(2,13(18)19)16-12(17)5-4-11-6-9-15-10-7-11/h11,15H,3-10H2,1-2H3,(H,16,17)(H,18,19). The Balaban J connectivity index is 2.37. The molecule has 1 aliphatic heterocycles. The Labute approximate surface area is 115 Å². The van der Waals surface area contributed by atoms with Crippen LogP contribution in [0.1, 0.15) is 52.4 Å². The van der Waals surface area contributed by atoms with Crippen molar-refractivity contribution in [2.75, 3.05) is 13.1 Å². The first-order chi connectivity index (χ1) is 8.98. The van der Waals surface area contributed by atoms with Gasteiger partial charge in [-0.3, -0.25) is 4.79 Å². The van der Waals surface area contributed by atoms with Crippen LogP contribution >= 0.6 is 0 Å². The van der Waals surface area contributed by atoms with E-state index >= 15 is 0 Å². The molecule has 1 unspecified atom stereocenters. The highest BCUT2D eigenvalue weighted by atomic mass is 16.4. The van der Waals surface area contributed by atoms with Crippen LogP contribution in [-0.2, 0) is 9.59 Å². The second-order valence-electron chi connectivity index (χ2n) is 5.67. The first kappa shape index (κ1) is 16.0. The maximum Gasteiger partial charge on any atom is 0.329 e. The van der Waals surface area contributed by atoms with Gasteiger partial charge in [0, 0.05) is 6.42 Å². The van der Waals surface area contributed by atoms with Gasteiger partial charge >= 0.3 is 5.97 Å². The average molecular weight is 270 g/mol. The summed E-state index contributed by atoms with van der Waals surface area (Å²) >= 11 is 0. The van der Waals surface area contributed by atoms with Crippen LogP contribution in [0.3, 0.4) is 0 Å². The maximum absolute atomic E-state index is 11.9. The molecule has 0 saturated carbocycles. The summed E-state index contributed by atoms with van der Waals surface area (Å²) in [5.74, 6) is -0.504. The molecule has 5 heteroatoms. The van der Waals surface area contributed by atoms with Crippen LogP contribution in [0.4, 0.5) is 0 Å². The lowest BCUT2D eigenvalue weighted by atomic mass is 9.92. The normalized spacial score (nSPS) is 19.7. The van der Waals surface area contributed by atoms with Crippen molar-refractivity contribution in [3.63, 3.8) is 0 Å². The summed E-state index contributed by atoms with van der Waals surface area (Å²) in [5.41, 5.74) is -1.13. The van der Waals surface area contributed by atoms with Gasteiger partial charge in [0.2, 0.25) is 5.91 Å². The van der Waals surface area contributed by atoms with Gasteiger partial charge < -0.3 is 15.7 Å². The minimum Gasteiger partial charge on any atom is -0.480 e. The number of carboxylic acids is 1. The Bertz CT molecular complexity index is 314. The van der Waals surface area contributed by atoms with Crippen molar-refractivity contribution in [2.24, 2.45) is 5.92 Å². The van der Waals surface area contributed by atoms with Crippen molar-refractivity contribution in [3.8, 4) is 0 Å². The highest BCUT2D eigenvalue weighted by Crippen LogP contribution is 2.18. The van der Waals surface area contributed by atoms with Gasteiger partial charge in [0.25, 0.3) is 0 Å². The van der Waals surface area contributed by atoms with E-state index in [0.717, 1.165) is 38.8 Å². The van der Waals surface area contributed by atoms with Crippen LogP contribution in [-0.4, -0.2) is 35.6 Å². The quantitative estimate of drug-likeness (QED) is 0.655. The minimum atomic E-state index is -1.13. The Morgan fingerprint density at radius 3 is 2.53 bits per heavy atom. The Morgan fingerprint density at radius 2 is 2.00 bits per heavy atom. The molecule has 1 heterocycles. The number of carbonyl (C=O) groups is 2. The van der Waals surface area contributed by atoms with Crippen molar-refractivity contribution in [1.29, 1.82) is 0 Å². The first-order valence-corrected chi connectivity index (χ1v) is 7.23. The Kier molecular flexibility index (Phi) is 6.28. The molecule has 0 radical (unpaired) electrons. The van der Waals surface area contributed by atoms with Crippen LogP contribution < -0.4 is 10.6 Å². The third-order valence-corrected chi connectivity index (χ3v) is 3.88. The molecule has 1 saturated heterocycles. The summed E-state index contributed by atoms with van der Waals surface area (Å²) in [6, 6.07) is 0. The summed E-state index contributed by atoms with van der Waals surface area (Å²) in [7, 11) is 0. The minimum absolute atomic E-state index is 0.142. The van der Waals surface area contributed by atoms with Gasteiger partial charge in [0.1, 0.15) is 5.54 Å². The van der Waals surface area contributed by atoms with Crippen LogP contribution in [0, 0.1) is 5.92 Å². The average Bonchev–Trinajstić information content (AvgIpc) is 2.37. The van der Waals surface area contributed by atoms with Crippen molar-refractivity contribution in [2.45, 2.75) is 57.9 Å². The number of hydrogen-bond donors (Lipinski definition) is 3. The fraction of sp³-hybridized carbons (Fsp3) is 0.857. The van der Waals surface area contributed by atoms with E-state index in [-0.39, 0.29) is 5.91 Å². The molecule has 0 bridgehead atoms. The van der Waals surface area contributed by atoms with E-state index in [1.54, 1.807) is 6.92 Å². The number of rotatable bonds is 7. The van der Waals surface area contributed by atoms with Crippen LogP contribution in [0.5, 0.6) is 0 Å². The SMILES string of the molecule is CCCC(C)(NC(=O)CCC1CCNCC1)C(=O)O. The Morgan fingerprint density at radius 1 is 1.37 bits per heavy atom. The van der Waals surface area contributed by atoms with Gasteiger partial charge in [-0.2, -0.15) is 0 Å². The van der Waals surface area contributed by atoms with E-state index in [2.05, 4.69) is 10.6 Å². The topological polar surface area (TPSA) is 78.4 Å². The highest BCUT2D eigenvalue weighted by molar-refractivity contribution is 5.86. The Hall–Kier alpha value is -1.10. The zero-order valence-electron chi connectivity index (χ0n) is 12.0. The molecule has 3 N–H and O–H groups in total. The van der Waals surface area contributed by atoms with Crippen molar-refractivity contribution < 1.29 is 14.7 Å². The number of carboxylic acid groups (broad SMARTS) is 1. The third kappa shape index (κ3) is 5.19. The predicted molar refractivity (Wildman–Crippen MR) is 73.9 cm³/mol. The monoisotopic (exact) mass is 270 g/mol. The fourth-order valence-corrected chi connectivity index (χ4v) is 2.60.